The summed E-state index contributed by atoms with van der Waals surface area (Å²) in [7, 11) is 0. The Morgan fingerprint density at radius 3 is 2.42 bits per heavy atom. The number of nitrogens with zero attached hydrogens (tertiary/aromatic N) is 2. The van der Waals surface area contributed by atoms with Gasteiger partial charge >= 0.3 is 0 Å². The summed E-state index contributed by atoms with van der Waals surface area (Å²) in [4.78, 5) is 10.5. The van der Waals surface area contributed by atoms with E-state index in [9.17, 15) is 0 Å². The van der Waals surface area contributed by atoms with Gasteiger partial charge in [-0.15, -0.1) is 0 Å². The number of aromatic amines is 1. The Balaban J connectivity index is 2.28. The number of hydrogen-bond donors (Lipinski definition) is 1. The molecule has 0 saturated heterocycles. The zero-order valence-corrected chi connectivity index (χ0v) is 12.4. The Hall–Kier alpha value is -1.51. The van der Waals surface area contributed by atoms with Gasteiger partial charge in [0.1, 0.15) is 0 Å². The second-order valence-electron chi connectivity index (χ2n) is 5.15. The van der Waals surface area contributed by atoms with E-state index in [1.165, 1.54) is 12.0 Å². The van der Waals surface area contributed by atoms with E-state index in [0.717, 1.165) is 49.3 Å². The fourth-order valence-corrected chi connectivity index (χ4v) is 2.50. The summed E-state index contributed by atoms with van der Waals surface area (Å²) in [6.45, 7) is 8.77. The first-order chi connectivity index (χ1) is 9.28. The van der Waals surface area contributed by atoms with Gasteiger partial charge in [-0.05, 0) is 37.0 Å². The Bertz CT molecular complexity index is 510. The summed E-state index contributed by atoms with van der Waals surface area (Å²) in [5, 5.41) is 0. The normalized spacial score (nSPS) is 11.1. The standard InChI is InChI=1S/C16H25N3/c1-4-7-13-8-9-14-15(12-13)18-16(17-14)19(10-5-2)11-6-3/h8-9,12H,4-7,10-11H2,1-3H3,(H,17,18). The SMILES string of the molecule is CCCc1ccc2nc(N(CCC)CCC)[nH]c2c1. The maximum atomic E-state index is 4.72. The number of rotatable bonds is 7. The molecule has 104 valence electrons. The van der Waals surface area contributed by atoms with Gasteiger partial charge in [-0.1, -0.05) is 33.3 Å². The molecule has 0 aliphatic rings. The highest BCUT2D eigenvalue weighted by atomic mass is 15.3. The maximum Gasteiger partial charge on any atom is 0.203 e. The van der Waals surface area contributed by atoms with Gasteiger partial charge in [0.2, 0.25) is 5.95 Å². The molecule has 1 N–H and O–H groups in total. The monoisotopic (exact) mass is 259 g/mol. The number of anilines is 1. The molecule has 0 aliphatic heterocycles. The third-order valence-corrected chi connectivity index (χ3v) is 3.36. The maximum absolute atomic E-state index is 4.72. The van der Waals surface area contributed by atoms with Gasteiger partial charge in [-0.2, -0.15) is 0 Å². The molecule has 3 heteroatoms. The highest BCUT2D eigenvalue weighted by molar-refractivity contribution is 5.78. The Morgan fingerprint density at radius 2 is 1.79 bits per heavy atom. The van der Waals surface area contributed by atoms with Crippen LogP contribution >= 0.6 is 0 Å². The van der Waals surface area contributed by atoms with Crippen LogP contribution in [0.5, 0.6) is 0 Å². The van der Waals surface area contributed by atoms with Gasteiger partial charge in [0.15, 0.2) is 0 Å². The fraction of sp³-hybridized carbons (Fsp3) is 0.562. The van der Waals surface area contributed by atoms with Crippen LogP contribution in [0, 0.1) is 0 Å². The number of aromatic nitrogens is 2. The summed E-state index contributed by atoms with van der Waals surface area (Å²) in [5.41, 5.74) is 3.63. The van der Waals surface area contributed by atoms with E-state index in [-0.39, 0.29) is 0 Å². The molecule has 2 aromatic rings. The second-order valence-corrected chi connectivity index (χ2v) is 5.15. The van der Waals surface area contributed by atoms with Crippen molar-refractivity contribution >= 4 is 17.0 Å². The number of aryl methyl sites for hydroxylation is 1. The molecule has 2 rings (SSSR count). The Labute approximate surface area is 116 Å². The predicted molar refractivity (Wildman–Crippen MR) is 82.9 cm³/mol. The van der Waals surface area contributed by atoms with E-state index >= 15 is 0 Å². The molecule has 0 atom stereocenters. The van der Waals surface area contributed by atoms with Gasteiger partial charge < -0.3 is 9.88 Å². The minimum Gasteiger partial charge on any atom is -0.342 e. The van der Waals surface area contributed by atoms with Gasteiger partial charge in [-0.3, -0.25) is 0 Å². The second kappa shape index (κ2) is 6.60. The summed E-state index contributed by atoms with van der Waals surface area (Å²) in [6.07, 6.45) is 4.62. The van der Waals surface area contributed by atoms with Crippen molar-refractivity contribution in [3.8, 4) is 0 Å². The molecule has 3 nitrogen and oxygen atoms in total. The fourth-order valence-electron chi connectivity index (χ4n) is 2.50. The van der Waals surface area contributed by atoms with E-state index in [4.69, 9.17) is 4.98 Å². The summed E-state index contributed by atoms with van der Waals surface area (Å²) in [5.74, 6) is 1.02. The molecule has 1 heterocycles. The topological polar surface area (TPSA) is 31.9 Å². The Morgan fingerprint density at radius 1 is 1.05 bits per heavy atom. The number of hydrogen-bond acceptors (Lipinski definition) is 2. The molecule has 0 spiro atoms. The molecule has 0 fully saturated rings. The lowest BCUT2D eigenvalue weighted by molar-refractivity contribution is 0.727. The summed E-state index contributed by atoms with van der Waals surface area (Å²) in [6, 6.07) is 6.57. The molecule has 0 aliphatic carbocycles. The van der Waals surface area contributed by atoms with E-state index in [1.807, 2.05) is 0 Å². The number of benzene rings is 1. The Kier molecular flexibility index (Phi) is 4.83. The van der Waals surface area contributed by atoms with Crippen LogP contribution in [0.3, 0.4) is 0 Å². The van der Waals surface area contributed by atoms with Crippen molar-refractivity contribution in [2.24, 2.45) is 0 Å². The van der Waals surface area contributed by atoms with Gasteiger partial charge in [0, 0.05) is 13.1 Å². The lowest BCUT2D eigenvalue weighted by Gasteiger charge is -2.20. The summed E-state index contributed by atoms with van der Waals surface area (Å²) < 4.78 is 0. The molecule has 0 bridgehead atoms. The average molecular weight is 259 g/mol. The zero-order chi connectivity index (χ0) is 13.7. The number of fused-ring (bicyclic) bond motifs is 1. The van der Waals surface area contributed by atoms with Gasteiger partial charge in [0.25, 0.3) is 0 Å². The van der Waals surface area contributed by atoms with Crippen LogP contribution in [0.15, 0.2) is 18.2 Å². The quantitative estimate of drug-likeness (QED) is 0.810. The minimum atomic E-state index is 1.02. The van der Waals surface area contributed by atoms with Crippen LogP contribution in [0.25, 0.3) is 11.0 Å². The molecule has 0 unspecified atom stereocenters. The molecule has 1 aromatic heterocycles. The van der Waals surface area contributed by atoms with Crippen LogP contribution < -0.4 is 4.90 Å². The minimum absolute atomic E-state index is 1.02. The van der Waals surface area contributed by atoms with Gasteiger partial charge in [-0.25, -0.2) is 4.98 Å². The number of imidazole rings is 1. The van der Waals surface area contributed by atoms with E-state index < -0.39 is 0 Å². The van der Waals surface area contributed by atoms with E-state index in [2.05, 4.69) is 48.9 Å². The number of nitrogens with one attached hydrogen (secondary N) is 1. The van der Waals surface area contributed by atoms with Crippen LogP contribution in [0.4, 0.5) is 5.95 Å². The van der Waals surface area contributed by atoms with Crippen molar-refractivity contribution in [2.75, 3.05) is 18.0 Å². The largest absolute Gasteiger partial charge is 0.342 e. The van der Waals surface area contributed by atoms with Crippen LogP contribution in [-0.2, 0) is 6.42 Å². The smallest absolute Gasteiger partial charge is 0.203 e. The molecule has 0 amide bonds. The molecule has 0 radical (unpaired) electrons. The van der Waals surface area contributed by atoms with Crippen molar-refractivity contribution in [1.29, 1.82) is 0 Å². The molecular formula is C16H25N3. The third-order valence-electron chi connectivity index (χ3n) is 3.36. The molecular weight excluding hydrogens is 234 g/mol. The molecule has 19 heavy (non-hydrogen) atoms. The lowest BCUT2D eigenvalue weighted by Crippen LogP contribution is -2.25. The van der Waals surface area contributed by atoms with Crippen LogP contribution in [-0.4, -0.2) is 23.1 Å². The summed E-state index contributed by atoms with van der Waals surface area (Å²) >= 11 is 0. The van der Waals surface area contributed by atoms with Crippen molar-refractivity contribution in [3.05, 3.63) is 23.8 Å². The lowest BCUT2D eigenvalue weighted by atomic mass is 10.1. The highest BCUT2D eigenvalue weighted by Gasteiger charge is 2.10. The van der Waals surface area contributed by atoms with Crippen molar-refractivity contribution in [2.45, 2.75) is 46.5 Å². The van der Waals surface area contributed by atoms with E-state index in [1.54, 1.807) is 0 Å². The molecule has 0 saturated carbocycles. The average Bonchev–Trinajstić information content (AvgIpc) is 2.82. The number of H-pyrrole nitrogens is 1. The van der Waals surface area contributed by atoms with Gasteiger partial charge in [0.05, 0.1) is 11.0 Å². The van der Waals surface area contributed by atoms with Crippen molar-refractivity contribution in [1.82, 2.24) is 9.97 Å². The van der Waals surface area contributed by atoms with E-state index in [0.29, 0.717) is 0 Å². The first-order valence-electron chi connectivity index (χ1n) is 7.52. The zero-order valence-electron chi connectivity index (χ0n) is 12.4. The molecule has 1 aromatic carbocycles. The van der Waals surface area contributed by atoms with Crippen molar-refractivity contribution < 1.29 is 0 Å². The predicted octanol–water partition coefficient (Wildman–Crippen LogP) is 4.14. The first-order valence-corrected chi connectivity index (χ1v) is 7.52. The van der Waals surface area contributed by atoms with Crippen molar-refractivity contribution in [3.63, 3.8) is 0 Å². The van der Waals surface area contributed by atoms with Crippen LogP contribution in [0.1, 0.15) is 45.6 Å². The van der Waals surface area contributed by atoms with Crippen LogP contribution in [0.2, 0.25) is 0 Å². The highest BCUT2D eigenvalue weighted by Crippen LogP contribution is 2.20. The first kappa shape index (κ1) is 13.9. The third kappa shape index (κ3) is 3.28.